The first kappa shape index (κ1) is 20.8. The molecule has 2 N–H and O–H groups in total. The van der Waals surface area contributed by atoms with Gasteiger partial charge in [0.05, 0.1) is 17.4 Å². The molecule has 2 aromatic carbocycles. The highest BCUT2D eigenvalue weighted by atomic mass is 16.4. The highest BCUT2D eigenvalue weighted by Crippen LogP contribution is 2.22. The Balaban J connectivity index is 1.28. The number of nitrogens with one attached hydrogen (secondary N) is 2. The Labute approximate surface area is 182 Å². The van der Waals surface area contributed by atoms with E-state index < -0.39 is 0 Å². The molecular weight excluding hydrogens is 390 g/mol. The van der Waals surface area contributed by atoms with Gasteiger partial charge in [-0.1, -0.05) is 55.3 Å². The molecular formula is C25H27N3O3. The summed E-state index contributed by atoms with van der Waals surface area (Å²) in [7, 11) is 0. The van der Waals surface area contributed by atoms with Crippen molar-refractivity contribution in [1.29, 1.82) is 0 Å². The number of oxazole rings is 1. The number of carbonyl (C=O) groups is 2. The molecule has 1 aliphatic carbocycles. The molecule has 1 fully saturated rings. The van der Waals surface area contributed by atoms with Gasteiger partial charge in [0.15, 0.2) is 11.7 Å². The van der Waals surface area contributed by atoms with Crippen LogP contribution in [0.4, 0.5) is 5.69 Å². The van der Waals surface area contributed by atoms with Gasteiger partial charge in [-0.25, -0.2) is 4.98 Å². The van der Waals surface area contributed by atoms with Crippen LogP contribution >= 0.6 is 0 Å². The lowest BCUT2D eigenvalue weighted by molar-refractivity contribution is -0.116. The van der Waals surface area contributed by atoms with Gasteiger partial charge in [0.2, 0.25) is 5.91 Å². The van der Waals surface area contributed by atoms with Crippen molar-refractivity contribution in [3.05, 3.63) is 72.2 Å². The average molecular weight is 418 g/mol. The van der Waals surface area contributed by atoms with E-state index in [9.17, 15) is 9.59 Å². The fourth-order valence-corrected chi connectivity index (χ4v) is 3.90. The van der Waals surface area contributed by atoms with Gasteiger partial charge in [-0.3, -0.25) is 9.59 Å². The van der Waals surface area contributed by atoms with Crippen LogP contribution in [-0.2, 0) is 11.2 Å². The molecule has 4 rings (SSSR count). The zero-order chi connectivity index (χ0) is 21.5. The summed E-state index contributed by atoms with van der Waals surface area (Å²) in [5.74, 6) is 1.08. The van der Waals surface area contributed by atoms with Crippen LogP contribution in [0, 0.1) is 0 Å². The molecule has 0 radical (unpaired) electrons. The summed E-state index contributed by atoms with van der Waals surface area (Å²) in [4.78, 5) is 29.4. The summed E-state index contributed by atoms with van der Waals surface area (Å²) in [6.45, 7) is 0. The maximum Gasteiger partial charge on any atom is 0.253 e. The number of hydrogen-bond acceptors (Lipinski definition) is 4. The Hall–Kier alpha value is -3.41. The minimum absolute atomic E-state index is 0.129. The van der Waals surface area contributed by atoms with Gasteiger partial charge in [0.25, 0.3) is 5.91 Å². The van der Waals surface area contributed by atoms with Gasteiger partial charge in [-0.05, 0) is 31.4 Å². The summed E-state index contributed by atoms with van der Waals surface area (Å²) in [6, 6.07) is 17.2. The van der Waals surface area contributed by atoms with Crippen molar-refractivity contribution >= 4 is 17.5 Å². The second kappa shape index (κ2) is 10.1. The number of aromatic nitrogens is 1. The molecule has 0 atom stereocenters. The molecule has 1 heterocycles. The monoisotopic (exact) mass is 417 g/mol. The molecule has 0 unspecified atom stereocenters. The number of anilines is 1. The number of amides is 2. The molecule has 1 aliphatic rings. The number of para-hydroxylation sites is 1. The Morgan fingerprint density at radius 3 is 2.55 bits per heavy atom. The first-order valence-corrected chi connectivity index (χ1v) is 10.9. The van der Waals surface area contributed by atoms with Crippen LogP contribution < -0.4 is 10.6 Å². The molecule has 1 aromatic heterocycles. The fraction of sp³-hybridized carbons (Fsp3) is 0.320. The molecule has 6 heteroatoms. The largest absolute Gasteiger partial charge is 0.441 e. The molecule has 0 aliphatic heterocycles. The summed E-state index contributed by atoms with van der Waals surface area (Å²) in [6.07, 6.45) is 7.56. The molecule has 3 aromatic rings. The molecule has 1 saturated carbocycles. The zero-order valence-electron chi connectivity index (χ0n) is 17.5. The quantitative estimate of drug-likeness (QED) is 0.542. The van der Waals surface area contributed by atoms with E-state index in [0.717, 1.165) is 37.0 Å². The summed E-state index contributed by atoms with van der Waals surface area (Å²) in [5.41, 5.74) is 2.03. The topological polar surface area (TPSA) is 84.2 Å². The molecule has 160 valence electrons. The van der Waals surface area contributed by atoms with Crippen molar-refractivity contribution in [3.63, 3.8) is 0 Å². The van der Waals surface area contributed by atoms with Crippen molar-refractivity contribution in [2.45, 2.75) is 51.0 Å². The molecule has 2 amide bonds. The van der Waals surface area contributed by atoms with Crippen molar-refractivity contribution in [3.8, 4) is 11.3 Å². The van der Waals surface area contributed by atoms with Crippen LogP contribution in [0.1, 0.15) is 54.8 Å². The minimum atomic E-state index is -0.129. The van der Waals surface area contributed by atoms with Gasteiger partial charge in [-0.2, -0.15) is 0 Å². The Bertz CT molecular complexity index is 1020. The number of benzene rings is 2. The van der Waals surface area contributed by atoms with E-state index in [1.807, 2.05) is 42.5 Å². The van der Waals surface area contributed by atoms with Crippen molar-refractivity contribution in [2.24, 2.45) is 0 Å². The smallest absolute Gasteiger partial charge is 0.253 e. The van der Waals surface area contributed by atoms with Crippen molar-refractivity contribution in [1.82, 2.24) is 10.3 Å². The Morgan fingerprint density at radius 1 is 1.00 bits per heavy atom. The SMILES string of the molecule is O=C(CCCc1ncc(-c2ccccc2)o1)Nc1ccccc1C(=O)NC1CCCC1. The first-order valence-electron chi connectivity index (χ1n) is 10.9. The van der Waals surface area contributed by atoms with Crippen LogP contribution in [0.5, 0.6) is 0 Å². The average Bonchev–Trinajstić information content (AvgIpc) is 3.47. The summed E-state index contributed by atoms with van der Waals surface area (Å²) < 4.78 is 5.79. The second-order valence-corrected chi connectivity index (χ2v) is 7.89. The van der Waals surface area contributed by atoms with E-state index in [1.54, 1.807) is 18.3 Å². The number of nitrogens with zero attached hydrogens (tertiary/aromatic N) is 1. The van der Waals surface area contributed by atoms with Gasteiger partial charge in [0.1, 0.15) is 0 Å². The summed E-state index contributed by atoms with van der Waals surface area (Å²) >= 11 is 0. The number of carbonyl (C=O) groups excluding carboxylic acids is 2. The fourth-order valence-electron chi connectivity index (χ4n) is 3.90. The van der Waals surface area contributed by atoms with E-state index in [2.05, 4.69) is 15.6 Å². The standard InChI is InChI=1S/C25H27N3O3/c29-23(15-8-16-24-26-17-22(31-24)18-9-2-1-3-10-18)28-21-14-7-6-13-20(21)25(30)27-19-11-4-5-12-19/h1-3,6-7,9-10,13-14,17,19H,4-5,8,11-12,15-16H2,(H,27,30)(H,28,29). The lowest BCUT2D eigenvalue weighted by Gasteiger charge is -2.15. The van der Waals surface area contributed by atoms with Crippen molar-refractivity contribution < 1.29 is 14.0 Å². The number of aryl methyl sites for hydroxylation is 1. The van der Waals surface area contributed by atoms with E-state index in [1.165, 1.54) is 0 Å². The molecule has 6 nitrogen and oxygen atoms in total. The Morgan fingerprint density at radius 2 is 1.74 bits per heavy atom. The third-order valence-corrected chi connectivity index (χ3v) is 5.54. The number of rotatable bonds is 8. The van der Waals surface area contributed by atoms with E-state index in [-0.39, 0.29) is 17.9 Å². The lowest BCUT2D eigenvalue weighted by atomic mass is 10.1. The van der Waals surface area contributed by atoms with Crippen LogP contribution in [0.2, 0.25) is 0 Å². The van der Waals surface area contributed by atoms with Crippen LogP contribution in [0.15, 0.2) is 65.2 Å². The summed E-state index contributed by atoms with van der Waals surface area (Å²) in [5, 5.41) is 5.96. The van der Waals surface area contributed by atoms with Crippen LogP contribution in [-0.4, -0.2) is 22.8 Å². The highest BCUT2D eigenvalue weighted by molar-refractivity contribution is 6.03. The third kappa shape index (κ3) is 5.60. The van der Waals surface area contributed by atoms with E-state index >= 15 is 0 Å². The first-order chi connectivity index (χ1) is 15.2. The minimum Gasteiger partial charge on any atom is -0.441 e. The predicted octanol–water partition coefficient (Wildman–Crippen LogP) is 4.98. The van der Waals surface area contributed by atoms with Gasteiger partial charge >= 0.3 is 0 Å². The molecule has 31 heavy (non-hydrogen) atoms. The van der Waals surface area contributed by atoms with Crippen molar-refractivity contribution in [2.75, 3.05) is 5.32 Å². The number of hydrogen-bond donors (Lipinski definition) is 2. The van der Waals surface area contributed by atoms with E-state index in [0.29, 0.717) is 36.4 Å². The van der Waals surface area contributed by atoms with Gasteiger partial charge in [-0.15, -0.1) is 0 Å². The predicted molar refractivity (Wildman–Crippen MR) is 120 cm³/mol. The van der Waals surface area contributed by atoms with Gasteiger partial charge in [0, 0.05) is 24.4 Å². The maximum absolute atomic E-state index is 12.6. The molecule has 0 saturated heterocycles. The lowest BCUT2D eigenvalue weighted by Crippen LogP contribution is -2.33. The highest BCUT2D eigenvalue weighted by Gasteiger charge is 2.20. The second-order valence-electron chi connectivity index (χ2n) is 7.89. The Kier molecular flexibility index (Phi) is 6.77. The van der Waals surface area contributed by atoms with Crippen LogP contribution in [0.3, 0.4) is 0 Å². The molecule has 0 spiro atoms. The maximum atomic E-state index is 12.6. The zero-order valence-corrected chi connectivity index (χ0v) is 17.5. The van der Waals surface area contributed by atoms with Gasteiger partial charge < -0.3 is 15.1 Å². The third-order valence-electron chi connectivity index (χ3n) is 5.54. The van der Waals surface area contributed by atoms with E-state index in [4.69, 9.17) is 4.42 Å². The van der Waals surface area contributed by atoms with Crippen LogP contribution in [0.25, 0.3) is 11.3 Å². The normalized spacial score (nSPS) is 13.8. The molecule has 0 bridgehead atoms.